The van der Waals surface area contributed by atoms with Crippen molar-refractivity contribution in [2.45, 2.75) is 58.9 Å². The van der Waals surface area contributed by atoms with E-state index in [9.17, 15) is 0 Å². The summed E-state index contributed by atoms with van der Waals surface area (Å²) < 4.78 is 0. The van der Waals surface area contributed by atoms with E-state index in [4.69, 9.17) is 0 Å². The lowest BCUT2D eigenvalue weighted by Gasteiger charge is -2.23. The molecule has 0 amide bonds. The summed E-state index contributed by atoms with van der Waals surface area (Å²) in [5.74, 6) is 0.852. The van der Waals surface area contributed by atoms with E-state index in [0.29, 0.717) is 0 Å². The van der Waals surface area contributed by atoms with Crippen molar-refractivity contribution >= 4 is 0 Å². The molecule has 0 saturated carbocycles. The summed E-state index contributed by atoms with van der Waals surface area (Å²) in [6, 6.07) is 0.873. The van der Waals surface area contributed by atoms with Gasteiger partial charge in [0.25, 0.3) is 0 Å². The highest BCUT2D eigenvalue weighted by molar-refractivity contribution is 4.78. The van der Waals surface area contributed by atoms with Crippen molar-refractivity contribution in [2.75, 3.05) is 26.2 Å². The van der Waals surface area contributed by atoms with Crippen LogP contribution in [0.2, 0.25) is 0 Å². The van der Waals surface area contributed by atoms with E-state index in [1.165, 1.54) is 58.3 Å². The Kier molecular flexibility index (Phi) is 7.06. The summed E-state index contributed by atoms with van der Waals surface area (Å²) >= 11 is 0. The molecule has 0 aromatic heterocycles. The molecule has 16 heavy (non-hydrogen) atoms. The Balaban J connectivity index is 1.94. The van der Waals surface area contributed by atoms with Crippen LogP contribution in [0.15, 0.2) is 0 Å². The maximum absolute atomic E-state index is 3.57. The molecule has 0 aromatic rings. The zero-order valence-corrected chi connectivity index (χ0v) is 11.5. The van der Waals surface area contributed by atoms with Gasteiger partial charge >= 0.3 is 0 Å². The molecule has 0 aliphatic carbocycles. The normalized spacial score (nSPS) is 22.1. The van der Waals surface area contributed by atoms with Gasteiger partial charge in [0.15, 0.2) is 0 Å². The Morgan fingerprint density at radius 3 is 2.81 bits per heavy atom. The maximum atomic E-state index is 3.57. The minimum absolute atomic E-state index is 0.852. The summed E-state index contributed by atoms with van der Waals surface area (Å²) in [4.78, 5) is 2.66. The van der Waals surface area contributed by atoms with Crippen LogP contribution >= 0.6 is 0 Å². The summed E-state index contributed by atoms with van der Waals surface area (Å²) in [7, 11) is 0. The second-order valence-corrected chi connectivity index (χ2v) is 5.53. The fourth-order valence-corrected chi connectivity index (χ4v) is 2.63. The average Bonchev–Trinajstić information content (AvgIpc) is 2.70. The van der Waals surface area contributed by atoms with E-state index < -0.39 is 0 Å². The highest BCUT2D eigenvalue weighted by Gasteiger charge is 2.21. The molecule has 1 rings (SSSR count). The van der Waals surface area contributed by atoms with E-state index in [-0.39, 0.29) is 0 Å². The van der Waals surface area contributed by atoms with Gasteiger partial charge in [0, 0.05) is 19.1 Å². The molecule has 2 nitrogen and oxygen atoms in total. The molecule has 1 heterocycles. The lowest BCUT2D eigenvalue weighted by atomic mass is 10.1. The number of nitrogens with zero attached hydrogens (tertiary/aromatic N) is 1. The molecule has 2 heteroatoms. The lowest BCUT2D eigenvalue weighted by Crippen LogP contribution is -2.35. The predicted molar refractivity (Wildman–Crippen MR) is 71.8 cm³/mol. The summed E-state index contributed by atoms with van der Waals surface area (Å²) in [5, 5.41) is 3.57. The SMILES string of the molecule is CCC1CCCN1CCNCCCC(C)C. The van der Waals surface area contributed by atoms with Crippen LogP contribution in [0.1, 0.15) is 52.9 Å². The Bertz CT molecular complexity index is 168. The number of hydrogen-bond acceptors (Lipinski definition) is 2. The van der Waals surface area contributed by atoms with Crippen LogP contribution in [0, 0.1) is 5.92 Å². The van der Waals surface area contributed by atoms with Crippen LogP contribution in [-0.4, -0.2) is 37.1 Å². The van der Waals surface area contributed by atoms with Crippen molar-refractivity contribution in [3.8, 4) is 0 Å². The first-order valence-corrected chi connectivity index (χ1v) is 7.18. The zero-order chi connectivity index (χ0) is 11.8. The maximum Gasteiger partial charge on any atom is 0.0110 e. The quantitative estimate of drug-likeness (QED) is 0.640. The predicted octanol–water partition coefficient (Wildman–Crippen LogP) is 2.89. The van der Waals surface area contributed by atoms with Crippen LogP contribution in [0.4, 0.5) is 0 Å². The van der Waals surface area contributed by atoms with Crippen LogP contribution in [0.5, 0.6) is 0 Å². The van der Waals surface area contributed by atoms with E-state index in [0.717, 1.165) is 12.0 Å². The van der Waals surface area contributed by atoms with Gasteiger partial charge in [-0.05, 0) is 51.1 Å². The lowest BCUT2D eigenvalue weighted by molar-refractivity contribution is 0.248. The molecular formula is C14H30N2. The fourth-order valence-electron chi connectivity index (χ4n) is 2.63. The van der Waals surface area contributed by atoms with Gasteiger partial charge in [0.2, 0.25) is 0 Å². The van der Waals surface area contributed by atoms with Gasteiger partial charge in [-0.1, -0.05) is 20.8 Å². The Morgan fingerprint density at radius 1 is 1.31 bits per heavy atom. The highest BCUT2D eigenvalue weighted by Crippen LogP contribution is 2.18. The number of rotatable bonds is 8. The molecule has 0 bridgehead atoms. The largest absolute Gasteiger partial charge is 0.315 e. The molecule has 1 aliphatic heterocycles. The molecule has 1 unspecified atom stereocenters. The third-order valence-corrected chi connectivity index (χ3v) is 3.68. The van der Waals surface area contributed by atoms with E-state index in [2.05, 4.69) is 31.0 Å². The molecule has 1 N–H and O–H groups in total. The van der Waals surface area contributed by atoms with Crippen LogP contribution in [0.3, 0.4) is 0 Å². The molecule has 0 spiro atoms. The highest BCUT2D eigenvalue weighted by atomic mass is 15.2. The minimum Gasteiger partial charge on any atom is -0.315 e. The third-order valence-electron chi connectivity index (χ3n) is 3.68. The Morgan fingerprint density at radius 2 is 2.12 bits per heavy atom. The average molecular weight is 226 g/mol. The number of likely N-dealkylation sites (tertiary alicyclic amines) is 1. The monoisotopic (exact) mass is 226 g/mol. The van der Waals surface area contributed by atoms with Crippen molar-refractivity contribution in [3.63, 3.8) is 0 Å². The van der Waals surface area contributed by atoms with E-state index in [1.807, 2.05) is 0 Å². The molecular weight excluding hydrogens is 196 g/mol. The summed E-state index contributed by atoms with van der Waals surface area (Å²) in [6.07, 6.45) is 6.84. The first kappa shape index (κ1) is 14.0. The molecule has 1 saturated heterocycles. The van der Waals surface area contributed by atoms with E-state index in [1.54, 1.807) is 0 Å². The topological polar surface area (TPSA) is 15.3 Å². The third kappa shape index (κ3) is 5.31. The van der Waals surface area contributed by atoms with Gasteiger partial charge in [-0.15, -0.1) is 0 Å². The molecule has 96 valence electrons. The van der Waals surface area contributed by atoms with Crippen molar-refractivity contribution < 1.29 is 0 Å². The second kappa shape index (κ2) is 8.08. The Labute approximate surface area is 102 Å². The standard InChI is InChI=1S/C14H30N2/c1-4-14-8-6-11-16(14)12-10-15-9-5-7-13(2)3/h13-15H,4-12H2,1-3H3. The smallest absolute Gasteiger partial charge is 0.0110 e. The fraction of sp³-hybridized carbons (Fsp3) is 1.00. The molecule has 1 fully saturated rings. The van der Waals surface area contributed by atoms with Crippen molar-refractivity contribution in [3.05, 3.63) is 0 Å². The Hall–Kier alpha value is -0.0800. The van der Waals surface area contributed by atoms with Crippen LogP contribution in [-0.2, 0) is 0 Å². The summed E-state index contributed by atoms with van der Waals surface area (Å²) in [5.41, 5.74) is 0. The minimum atomic E-state index is 0.852. The molecule has 0 aromatic carbocycles. The van der Waals surface area contributed by atoms with Gasteiger partial charge in [-0.3, -0.25) is 4.90 Å². The van der Waals surface area contributed by atoms with Crippen LogP contribution < -0.4 is 5.32 Å². The van der Waals surface area contributed by atoms with Crippen LogP contribution in [0.25, 0.3) is 0 Å². The molecule has 0 radical (unpaired) electrons. The number of nitrogens with one attached hydrogen (secondary N) is 1. The van der Waals surface area contributed by atoms with Gasteiger partial charge in [0.05, 0.1) is 0 Å². The van der Waals surface area contributed by atoms with Crippen molar-refractivity contribution in [1.82, 2.24) is 10.2 Å². The summed E-state index contributed by atoms with van der Waals surface area (Å²) in [6.45, 7) is 11.9. The van der Waals surface area contributed by atoms with Gasteiger partial charge in [-0.2, -0.15) is 0 Å². The molecule has 1 atom stereocenters. The van der Waals surface area contributed by atoms with Crippen molar-refractivity contribution in [1.29, 1.82) is 0 Å². The first-order chi connectivity index (χ1) is 7.74. The van der Waals surface area contributed by atoms with Gasteiger partial charge < -0.3 is 5.32 Å². The second-order valence-electron chi connectivity index (χ2n) is 5.53. The first-order valence-electron chi connectivity index (χ1n) is 7.18. The zero-order valence-electron chi connectivity index (χ0n) is 11.5. The van der Waals surface area contributed by atoms with Gasteiger partial charge in [0.1, 0.15) is 0 Å². The van der Waals surface area contributed by atoms with E-state index >= 15 is 0 Å². The number of hydrogen-bond donors (Lipinski definition) is 1. The molecule has 1 aliphatic rings. The van der Waals surface area contributed by atoms with Gasteiger partial charge in [-0.25, -0.2) is 0 Å². The van der Waals surface area contributed by atoms with Crippen molar-refractivity contribution in [2.24, 2.45) is 5.92 Å².